The Morgan fingerprint density at radius 2 is 1.77 bits per heavy atom. The molecule has 0 aliphatic heterocycles. The summed E-state index contributed by atoms with van der Waals surface area (Å²) in [5.74, 6) is 3.09. The van der Waals surface area contributed by atoms with E-state index in [1.807, 2.05) is 24.3 Å². The molecular weight excluding hydrogens is 324 g/mol. The number of hydrogen-bond donors (Lipinski definition) is 1. The van der Waals surface area contributed by atoms with E-state index in [1.165, 1.54) is 44.9 Å². The minimum Gasteiger partial charge on any atom is -0.494 e. The zero-order valence-electron chi connectivity index (χ0n) is 16.2. The first kappa shape index (κ1) is 17.9. The molecule has 0 heterocycles. The van der Waals surface area contributed by atoms with Gasteiger partial charge in [0.15, 0.2) is 0 Å². The molecule has 4 aliphatic carbocycles. The van der Waals surface area contributed by atoms with Crippen LogP contribution < -0.4 is 4.74 Å². The third-order valence-electron chi connectivity index (χ3n) is 7.19. The van der Waals surface area contributed by atoms with E-state index in [4.69, 9.17) is 4.74 Å². The molecule has 142 valence electrons. The van der Waals surface area contributed by atoms with Gasteiger partial charge < -0.3 is 9.84 Å². The first-order chi connectivity index (χ1) is 12.3. The van der Waals surface area contributed by atoms with Gasteiger partial charge in [-0.15, -0.1) is 0 Å². The van der Waals surface area contributed by atoms with Crippen molar-refractivity contribution >= 4 is 5.97 Å². The summed E-state index contributed by atoms with van der Waals surface area (Å²) in [5, 5.41) is 9.33. The second-order valence-corrected chi connectivity index (χ2v) is 10.0. The molecule has 4 saturated carbocycles. The number of rotatable bonds is 7. The Bertz CT molecular complexity index is 641. The van der Waals surface area contributed by atoms with Crippen LogP contribution in [-0.2, 0) is 11.2 Å². The lowest BCUT2D eigenvalue weighted by molar-refractivity contribution is -0.146. The SMILES string of the molecule is CC(C)(Cc1cccc(OCCC23CC4CC(CC(C4)C2)C3)c1)C(=O)O. The lowest BCUT2D eigenvalue weighted by atomic mass is 9.49. The summed E-state index contributed by atoms with van der Waals surface area (Å²) in [6, 6.07) is 7.99. The molecule has 0 amide bonds. The fourth-order valence-electron chi connectivity index (χ4n) is 6.31. The van der Waals surface area contributed by atoms with Crippen molar-refractivity contribution in [1.82, 2.24) is 0 Å². The molecule has 0 unspecified atom stereocenters. The van der Waals surface area contributed by atoms with Gasteiger partial charge in [-0.3, -0.25) is 4.79 Å². The molecule has 1 N–H and O–H groups in total. The van der Waals surface area contributed by atoms with Crippen LogP contribution in [0.3, 0.4) is 0 Å². The minimum atomic E-state index is -0.759. The number of hydrogen-bond acceptors (Lipinski definition) is 2. The highest BCUT2D eigenvalue weighted by molar-refractivity contribution is 5.74. The van der Waals surface area contributed by atoms with Crippen LogP contribution in [0.5, 0.6) is 5.75 Å². The lowest BCUT2D eigenvalue weighted by Crippen LogP contribution is -2.46. The van der Waals surface area contributed by atoms with Gasteiger partial charge >= 0.3 is 5.97 Å². The first-order valence-corrected chi connectivity index (χ1v) is 10.3. The van der Waals surface area contributed by atoms with Crippen LogP contribution in [-0.4, -0.2) is 17.7 Å². The topological polar surface area (TPSA) is 46.5 Å². The Morgan fingerprint density at radius 3 is 2.35 bits per heavy atom. The number of benzene rings is 1. The van der Waals surface area contributed by atoms with Gasteiger partial charge in [0.25, 0.3) is 0 Å². The smallest absolute Gasteiger partial charge is 0.309 e. The summed E-state index contributed by atoms with van der Waals surface area (Å²) in [6.07, 6.45) is 10.4. The van der Waals surface area contributed by atoms with Gasteiger partial charge in [-0.1, -0.05) is 12.1 Å². The molecular formula is C23H32O3. The highest BCUT2D eigenvalue weighted by Crippen LogP contribution is 2.61. The molecule has 3 heteroatoms. The van der Waals surface area contributed by atoms with E-state index in [2.05, 4.69) is 0 Å². The second-order valence-electron chi connectivity index (χ2n) is 10.0. The molecule has 3 nitrogen and oxygen atoms in total. The Labute approximate surface area is 157 Å². The highest BCUT2D eigenvalue weighted by atomic mass is 16.5. The summed E-state index contributed by atoms with van der Waals surface area (Å²) in [7, 11) is 0. The van der Waals surface area contributed by atoms with Crippen molar-refractivity contribution in [3.8, 4) is 5.75 Å². The molecule has 0 atom stereocenters. The van der Waals surface area contributed by atoms with Crippen LogP contribution >= 0.6 is 0 Å². The third kappa shape index (κ3) is 3.63. The van der Waals surface area contributed by atoms with Crippen molar-refractivity contribution in [1.29, 1.82) is 0 Å². The molecule has 26 heavy (non-hydrogen) atoms. The number of ether oxygens (including phenoxy) is 1. The standard InChI is InChI=1S/C23H32O3/c1-22(2,21(24)25)12-16-4-3-5-20(11-16)26-7-6-23-13-17-8-18(14-23)10-19(9-17)15-23/h3-5,11,17-19H,6-10,12-15H2,1-2H3,(H,24,25). The molecule has 5 rings (SSSR count). The quantitative estimate of drug-likeness (QED) is 0.719. The molecule has 4 fully saturated rings. The van der Waals surface area contributed by atoms with E-state index >= 15 is 0 Å². The normalized spacial score (nSPS) is 32.6. The van der Waals surface area contributed by atoms with Gasteiger partial charge in [-0.25, -0.2) is 0 Å². The van der Waals surface area contributed by atoms with Crippen molar-refractivity contribution in [3.63, 3.8) is 0 Å². The highest BCUT2D eigenvalue weighted by Gasteiger charge is 2.50. The van der Waals surface area contributed by atoms with Gasteiger partial charge in [-0.2, -0.15) is 0 Å². The molecule has 4 aliphatic rings. The van der Waals surface area contributed by atoms with Gasteiger partial charge in [0, 0.05) is 0 Å². The molecule has 1 aromatic rings. The van der Waals surface area contributed by atoms with Crippen LogP contribution in [0.2, 0.25) is 0 Å². The third-order valence-corrected chi connectivity index (χ3v) is 7.19. The van der Waals surface area contributed by atoms with Crippen molar-refractivity contribution in [3.05, 3.63) is 29.8 Å². The van der Waals surface area contributed by atoms with Crippen molar-refractivity contribution in [2.24, 2.45) is 28.6 Å². The van der Waals surface area contributed by atoms with Gasteiger partial charge in [0.1, 0.15) is 5.75 Å². The summed E-state index contributed by atoms with van der Waals surface area (Å²) in [6.45, 7) is 4.34. The predicted octanol–water partition coefficient (Wildman–Crippen LogP) is 5.33. The molecule has 0 saturated heterocycles. The van der Waals surface area contributed by atoms with Crippen molar-refractivity contribution in [2.75, 3.05) is 6.61 Å². The van der Waals surface area contributed by atoms with Gasteiger partial charge in [0.2, 0.25) is 0 Å². The van der Waals surface area contributed by atoms with E-state index in [-0.39, 0.29) is 0 Å². The second kappa shape index (κ2) is 6.58. The lowest BCUT2D eigenvalue weighted by Gasteiger charge is -2.57. The Hall–Kier alpha value is -1.51. The molecule has 4 bridgehead atoms. The first-order valence-electron chi connectivity index (χ1n) is 10.3. The van der Waals surface area contributed by atoms with Crippen molar-refractivity contribution in [2.45, 2.75) is 65.2 Å². The van der Waals surface area contributed by atoms with Crippen LogP contribution in [0, 0.1) is 28.6 Å². The minimum absolute atomic E-state index is 0.522. The van der Waals surface area contributed by atoms with Crippen LogP contribution in [0.25, 0.3) is 0 Å². The largest absolute Gasteiger partial charge is 0.494 e. The van der Waals surface area contributed by atoms with E-state index in [9.17, 15) is 9.90 Å². The van der Waals surface area contributed by atoms with Crippen LogP contribution in [0.15, 0.2) is 24.3 Å². The molecule has 0 radical (unpaired) electrons. The fraction of sp³-hybridized carbons (Fsp3) is 0.696. The maximum Gasteiger partial charge on any atom is 0.309 e. The van der Waals surface area contributed by atoms with Crippen LogP contribution in [0.4, 0.5) is 0 Å². The zero-order chi connectivity index (χ0) is 18.4. The monoisotopic (exact) mass is 356 g/mol. The summed E-state index contributed by atoms with van der Waals surface area (Å²) in [5.41, 5.74) is 0.833. The average molecular weight is 357 g/mol. The van der Waals surface area contributed by atoms with Gasteiger partial charge in [-0.05, 0) is 106 Å². The number of carboxylic acids is 1. The average Bonchev–Trinajstić information content (AvgIpc) is 2.53. The number of aliphatic carboxylic acids is 1. The summed E-state index contributed by atoms with van der Waals surface area (Å²) < 4.78 is 6.11. The van der Waals surface area contributed by atoms with E-state index in [0.717, 1.165) is 35.7 Å². The molecule has 1 aromatic carbocycles. The predicted molar refractivity (Wildman–Crippen MR) is 102 cm³/mol. The van der Waals surface area contributed by atoms with E-state index < -0.39 is 11.4 Å². The molecule has 0 aromatic heterocycles. The van der Waals surface area contributed by atoms with E-state index in [0.29, 0.717) is 11.8 Å². The van der Waals surface area contributed by atoms with Crippen LogP contribution in [0.1, 0.15) is 64.4 Å². The summed E-state index contributed by atoms with van der Waals surface area (Å²) >= 11 is 0. The Kier molecular flexibility index (Phi) is 4.53. The maximum absolute atomic E-state index is 11.4. The zero-order valence-corrected chi connectivity index (χ0v) is 16.2. The Morgan fingerprint density at radius 1 is 1.15 bits per heavy atom. The number of carbonyl (C=O) groups is 1. The van der Waals surface area contributed by atoms with Crippen molar-refractivity contribution < 1.29 is 14.6 Å². The maximum atomic E-state index is 11.4. The van der Waals surface area contributed by atoms with E-state index in [1.54, 1.807) is 13.8 Å². The fourth-order valence-corrected chi connectivity index (χ4v) is 6.31. The summed E-state index contributed by atoms with van der Waals surface area (Å²) in [4.78, 5) is 11.4. The number of carboxylic acid groups (broad SMARTS) is 1. The van der Waals surface area contributed by atoms with Gasteiger partial charge in [0.05, 0.1) is 12.0 Å². The Balaban J connectivity index is 1.34. The molecule has 0 spiro atoms.